The van der Waals surface area contributed by atoms with E-state index in [2.05, 4.69) is 6.58 Å². The molecule has 0 saturated heterocycles. The van der Waals surface area contributed by atoms with Crippen molar-refractivity contribution < 1.29 is 14.3 Å². The molecule has 0 saturated carbocycles. The van der Waals surface area contributed by atoms with Crippen molar-refractivity contribution in [1.82, 2.24) is 0 Å². The molecule has 0 heterocycles. The lowest BCUT2D eigenvalue weighted by atomic mass is 9.66. The van der Waals surface area contributed by atoms with Crippen LogP contribution in [0.25, 0.3) is 0 Å². The summed E-state index contributed by atoms with van der Waals surface area (Å²) in [7, 11) is 0. The summed E-state index contributed by atoms with van der Waals surface area (Å²) in [4.78, 5) is 24.5. The predicted molar refractivity (Wildman–Crippen MR) is 82.2 cm³/mol. The number of ketones is 1. The fourth-order valence-corrected chi connectivity index (χ4v) is 3.12. The quantitative estimate of drug-likeness (QED) is 0.591. The van der Waals surface area contributed by atoms with E-state index < -0.39 is 5.41 Å². The van der Waals surface area contributed by atoms with Crippen molar-refractivity contribution in [2.24, 2.45) is 5.41 Å². The minimum Gasteiger partial charge on any atom is -0.466 e. The minimum absolute atomic E-state index is 0.147. The Labute approximate surface area is 126 Å². The molecule has 0 N–H and O–H groups in total. The molecule has 0 unspecified atom stereocenters. The average Bonchev–Trinajstić information content (AvgIpc) is 2.49. The van der Waals surface area contributed by atoms with Gasteiger partial charge >= 0.3 is 5.97 Å². The summed E-state index contributed by atoms with van der Waals surface area (Å²) in [5.74, 6) is -0.0823. The second-order valence-electron chi connectivity index (χ2n) is 5.56. The van der Waals surface area contributed by atoms with Crippen LogP contribution >= 0.6 is 0 Å². The van der Waals surface area contributed by atoms with Crippen LogP contribution in [0.5, 0.6) is 0 Å². The van der Waals surface area contributed by atoms with Crippen molar-refractivity contribution in [1.29, 1.82) is 0 Å². The summed E-state index contributed by atoms with van der Waals surface area (Å²) in [6.45, 7) is 5.96. The molecule has 21 heavy (non-hydrogen) atoms. The molecule has 2 rings (SSSR count). The molecule has 3 nitrogen and oxygen atoms in total. The number of hydrogen-bond acceptors (Lipinski definition) is 3. The molecule has 1 aromatic rings. The van der Waals surface area contributed by atoms with Gasteiger partial charge < -0.3 is 4.74 Å². The summed E-state index contributed by atoms with van der Waals surface area (Å²) < 4.78 is 4.98. The van der Waals surface area contributed by atoms with Crippen molar-refractivity contribution in [2.45, 2.75) is 39.0 Å². The van der Waals surface area contributed by atoms with Crippen LogP contribution in [0.4, 0.5) is 0 Å². The van der Waals surface area contributed by atoms with E-state index in [1.807, 2.05) is 24.3 Å². The first kappa shape index (κ1) is 15.5. The highest BCUT2D eigenvalue weighted by Crippen LogP contribution is 2.42. The molecule has 112 valence electrons. The number of ether oxygens (including phenoxy) is 1. The standard InChI is InChI=1S/C18H22O3/c1-3-11-18(13-10-16(19)21-4-2)12-9-14-7-5-6-8-15(14)17(18)20/h3,5-8H,1,4,9-13H2,2H3/t18-/m1/s1. The molecular weight excluding hydrogens is 264 g/mol. The summed E-state index contributed by atoms with van der Waals surface area (Å²) in [5, 5.41) is 0. The van der Waals surface area contributed by atoms with Gasteiger partial charge in [0.05, 0.1) is 6.61 Å². The molecule has 1 atom stereocenters. The van der Waals surface area contributed by atoms with Crippen LogP contribution in [0.3, 0.4) is 0 Å². The molecule has 0 aromatic heterocycles. The van der Waals surface area contributed by atoms with E-state index >= 15 is 0 Å². The number of allylic oxidation sites excluding steroid dienone is 1. The number of rotatable bonds is 6. The molecule has 0 fully saturated rings. The van der Waals surface area contributed by atoms with Crippen LogP contribution in [-0.2, 0) is 16.0 Å². The van der Waals surface area contributed by atoms with Crippen molar-refractivity contribution >= 4 is 11.8 Å². The number of fused-ring (bicyclic) bond motifs is 1. The molecule has 3 heteroatoms. The Morgan fingerprint density at radius 3 is 2.90 bits per heavy atom. The Hall–Kier alpha value is -1.90. The number of aryl methyl sites for hydroxylation is 1. The van der Waals surface area contributed by atoms with Gasteiger partial charge in [-0.05, 0) is 38.2 Å². The Bertz CT molecular complexity index is 547. The fraction of sp³-hybridized carbons (Fsp3) is 0.444. The number of hydrogen-bond donors (Lipinski definition) is 0. The van der Waals surface area contributed by atoms with Crippen LogP contribution in [0.15, 0.2) is 36.9 Å². The van der Waals surface area contributed by atoms with Gasteiger partial charge in [0.25, 0.3) is 0 Å². The van der Waals surface area contributed by atoms with Crippen LogP contribution in [0, 0.1) is 5.41 Å². The third-order valence-electron chi connectivity index (χ3n) is 4.26. The molecule has 1 aliphatic carbocycles. The first-order valence-electron chi connectivity index (χ1n) is 7.52. The minimum atomic E-state index is -0.497. The van der Waals surface area contributed by atoms with Gasteiger partial charge in [-0.2, -0.15) is 0 Å². The molecule has 0 bridgehead atoms. The zero-order valence-electron chi connectivity index (χ0n) is 12.6. The molecule has 0 aliphatic heterocycles. The molecular formula is C18H22O3. The monoisotopic (exact) mass is 286 g/mol. The van der Waals surface area contributed by atoms with Crippen LogP contribution in [0.1, 0.15) is 48.5 Å². The first-order chi connectivity index (χ1) is 10.1. The van der Waals surface area contributed by atoms with E-state index in [9.17, 15) is 9.59 Å². The third-order valence-corrected chi connectivity index (χ3v) is 4.26. The Morgan fingerprint density at radius 2 is 2.19 bits per heavy atom. The highest BCUT2D eigenvalue weighted by Gasteiger charge is 2.41. The van der Waals surface area contributed by atoms with Crippen molar-refractivity contribution in [3.63, 3.8) is 0 Å². The van der Waals surface area contributed by atoms with Crippen molar-refractivity contribution in [3.8, 4) is 0 Å². The number of benzene rings is 1. The second-order valence-corrected chi connectivity index (χ2v) is 5.56. The van der Waals surface area contributed by atoms with E-state index in [-0.39, 0.29) is 18.2 Å². The van der Waals surface area contributed by atoms with Gasteiger partial charge in [-0.1, -0.05) is 30.3 Å². The lowest BCUT2D eigenvalue weighted by Crippen LogP contribution is -2.36. The van der Waals surface area contributed by atoms with Gasteiger partial charge in [-0.15, -0.1) is 6.58 Å². The second kappa shape index (κ2) is 6.70. The smallest absolute Gasteiger partial charge is 0.305 e. The van der Waals surface area contributed by atoms with E-state index in [0.717, 1.165) is 24.0 Å². The topological polar surface area (TPSA) is 43.4 Å². The highest BCUT2D eigenvalue weighted by atomic mass is 16.5. The zero-order chi connectivity index (χ0) is 15.3. The maximum absolute atomic E-state index is 12.9. The normalized spacial score (nSPS) is 20.7. The van der Waals surface area contributed by atoms with Crippen LogP contribution in [0.2, 0.25) is 0 Å². The van der Waals surface area contributed by atoms with E-state index in [1.54, 1.807) is 13.0 Å². The Morgan fingerprint density at radius 1 is 1.43 bits per heavy atom. The van der Waals surface area contributed by atoms with Crippen molar-refractivity contribution in [2.75, 3.05) is 6.61 Å². The number of carbonyl (C=O) groups excluding carboxylic acids is 2. The molecule has 0 amide bonds. The molecule has 0 radical (unpaired) electrons. The largest absolute Gasteiger partial charge is 0.466 e. The zero-order valence-corrected chi connectivity index (χ0v) is 12.6. The third kappa shape index (κ3) is 3.23. The van der Waals surface area contributed by atoms with Gasteiger partial charge in [-0.25, -0.2) is 0 Å². The molecule has 0 spiro atoms. The van der Waals surface area contributed by atoms with Gasteiger partial charge in [0.15, 0.2) is 5.78 Å². The first-order valence-corrected chi connectivity index (χ1v) is 7.52. The maximum Gasteiger partial charge on any atom is 0.305 e. The summed E-state index contributed by atoms with van der Waals surface area (Å²) in [5.41, 5.74) is 1.41. The van der Waals surface area contributed by atoms with E-state index in [0.29, 0.717) is 19.4 Å². The summed E-state index contributed by atoms with van der Waals surface area (Å²) in [6.07, 6.45) is 4.87. The van der Waals surface area contributed by atoms with Gasteiger partial charge in [0.2, 0.25) is 0 Å². The maximum atomic E-state index is 12.9. The lowest BCUT2D eigenvalue weighted by Gasteiger charge is -2.36. The average molecular weight is 286 g/mol. The van der Waals surface area contributed by atoms with Crippen molar-refractivity contribution in [3.05, 3.63) is 48.0 Å². The fourth-order valence-electron chi connectivity index (χ4n) is 3.12. The molecule has 1 aliphatic rings. The number of esters is 1. The van der Waals surface area contributed by atoms with Crippen LogP contribution in [-0.4, -0.2) is 18.4 Å². The summed E-state index contributed by atoms with van der Waals surface area (Å²) in [6, 6.07) is 7.76. The SMILES string of the molecule is C=CC[C@]1(CCC(=O)OCC)CCc2ccccc2C1=O. The Kier molecular flexibility index (Phi) is 4.94. The summed E-state index contributed by atoms with van der Waals surface area (Å²) >= 11 is 0. The van der Waals surface area contributed by atoms with E-state index in [1.165, 1.54) is 0 Å². The van der Waals surface area contributed by atoms with Gasteiger partial charge in [-0.3, -0.25) is 9.59 Å². The number of carbonyl (C=O) groups is 2. The van der Waals surface area contributed by atoms with Crippen LogP contribution < -0.4 is 0 Å². The molecule has 1 aromatic carbocycles. The highest BCUT2D eigenvalue weighted by molar-refractivity contribution is 6.03. The van der Waals surface area contributed by atoms with Gasteiger partial charge in [0, 0.05) is 17.4 Å². The lowest BCUT2D eigenvalue weighted by molar-refractivity contribution is -0.143. The Balaban J connectivity index is 2.21. The van der Waals surface area contributed by atoms with E-state index in [4.69, 9.17) is 4.74 Å². The predicted octanol–water partition coefficient (Wildman–Crippen LogP) is 3.72. The number of Topliss-reactive ketones (excluding diaryl/α,β-unsaturated/α-hetero) is 1. The van der Waals surface area contributed by atoms with Gasteiger partial charge in [0.1, 0.15) is 0 Å².